The van der Waals surface area contributed by atoms with Gasteiger partial charge in [-0.05, 0) is 35.6 Å². The van der Waals surface area contributed by atoms with E-state index in [1.807, 2.05) is 97.1 Å². The van der Waals surface area contributed by atoms with Crippen LogP contribution in [0.2, 0.25) is 0 Å². The van der Waals surface area contributed by atoms with Gasteiger partial charge in [0.15, 0.2) is 0 Å². The first-order valence-corrected chi connectivity index (χ1v) is 15.7. The lowest BCUT2D eigenvalue weighted by Gasteiger charge is -2.37. The van der Waals surface area contributed by atoms with Gasteiger partial charge in [-0.3, -0.25) is 9.59 Å². The third-order valence-electron chi connectivity index (χ3n) is 8.29. The molecule has 5 atom stereocenters. The van der Waals surface area contributed by atoms with Crippen molar-refractivity contribution >= 4 is 23.5 Å². The van der Waals surface area contributed by atoms with E-state index in [4.69, 9.17) is 30.5 Å². The van der Waals surface area contributed by atoms with E-state index in [2.05, 4.69) is 0 Å². The molecule has 0 unspecified atom stereocenters. The van der Waals surface area contributed by atoms with Gasteiger partial charge in [-0.2, -0.15) is 0 Å². The smallest absolute Gasteiger partial charge is 0.310 e. The quantitative estimate of drug-likeness (QED) is 0.178. The monoisotopic (exact) mass is 630 g/mol. The molecule has 2 bridgehead atoms. The highest BCUT2D eigenvalue weighted by Gasteiger charge is 2.43. The Morgan fingerprint density at radius 1 is 0.911 bits per heavy atom. The molecule has 5 rings (SSSR count). The van der Waals surface area contributed by atoms with Gasteiger partial charge in [0, 0.05) is 24.8 Å². The summed E-state index contributed by atoms with van der Waals surface area (Å²) in [5.74, 6) is -1.01. The second kappa shape index (κ2) is 15.0. The van der Waals surface area contributed by atoms with Gasteiger partial charge in [0.1, 0.15) is 23.9 Å². The Kier molecular flexibility index (Phi) is 10.9. The number of rotatable bonds is 7. The van der Waals surface area contributed by atoms with E-state index in [1.54, 1.807) is 13.0 Å². The number of benzene rings is 3. The topological polar surface area (TPSA) is 91.3 Å². The first-order chi connectivity index (χ1) is 21.8. The molecule has 0 radical (unpaired) electrons. The van der Waals surface area contributed by atoms with Crippen molar-refractivity contribution in [2.45, 2.75) is 75.7 Å². The van der Waals surface area contributed by atoms with Crippen molar-refractivity contribution in [1.82, 2.24) is 0 Å². The van der Waals surface area contributed by atoms with Crippen LogP contribution in [-0.4, -0.2) is 54.2 Å². The van der Waals surface area contributed by atoms with E-state index in [1.165, 1.54) is 6.92 Å². The molecular weight excluding hydrogens is 592 g/mol. The summed E-state index contributed by atoms with van der Waals surface area (Å²) in [5, 5.41) is 11.2. The number of hydrogen-bond donors (Lipinski definition) is 1. The minimum atomic E-state index is -0.994. The average molecular weight is 631 g/mol. The van der Waals surface area contributed by atoms with Crippen LogP contribution >= 0.6 is 11.6 Å². The van der Waals surface area contributed by atoms with Crippen LogP contribution < -0.4 is 0 Å². The van der Waals surface area contributed by atoms with E-state index < -0.39 is 48.1 Å². The van der Waals surface area contributed by atoms with Crippen LogP contribution in [0.15, 0.2) is 114 Å². The fraction of sp³-hybridized carbons (Fsp3) is 0.351. The van der Waals surface area contributed by atoms with Gasteiger partial charge in [0.25, 0.3) is 0 Å². The zero-order valence-corrected chi connectivity index (χ0v) is 26.3. The number of aliphatic hydroxyl groups is 1. The van der Waals surface area contributed by atoms with Crippen molar-refractivity contribution in [1.29, 1.82) is 0 Å². The van der Waals surface area contributed by atoms with E-state index in [0.29, 0.717) is 23.4 Å². The molecule has 2 aliphatic rings. The molecule has 7 nitrogen and oxygen atoms in total. The molecule has 236 valence electrons. The number of carbonyl (C=O) groups excluding carboxylic acids is 2. The number of fused-ring (bicyclic) bond motifs is 2. The number of esters is 2. The number of halogens is 1. The Morgan fingerprint density at radius 3 is 2.00 bits per heavy atom. The number of hydrogen-bond acceptors (Lipinski definition) is 7. The highest BCUT2D eigenvalue weighted by Crippen LogP contribution is 2.41. The predicted octanol–water partition coefficient (Wildman–Crippen LogP) is 6.61. The van der Waals surface area contributed by atoms with Crippen molar-refractivity contribution in [3.8, 4) is 0 Å². The molecule has 45 heavy (non-hydrogen) atoms. The Labute approximate surface area is 269 Å². The first-order valence-electron chi connectivity index (χ1n) is 15.3. The summed E-state index contributed by atoms with van der Waals surface area (Å²) in [4.78, 5) is 25.1. The van der Waals surface area contributed by atoms with E-state index in [-0.39, 0.29) is 19.4 Å². The molecule has 0 aromatic heterocycles. The largest absolute Gasteiger partial charge is 0.459 e. The molecule has 3 aromatic carbocycles. The van der Waals surface area contributed by atoms with Crippen LogP contribution in [0.3, 0.4) is 0 Å². The standard InChI is InChI=1S/C37H39ClO7/c1-25-13-12-20-31(38)32(40)21-30-22-34(45-36(41)23-33(25)43-26(2)39)35(44-30)24-42-37(27-14-6-3-7-15-27,28-16-8-4-9-17-28)29-18-10-5-11-19-29/h3-11,13-20,30,32-35,40H,12,21-24H2,1-2H3/b25-13-,31-20-/t30-,32-,33-,34-,35-/m1/s1. The van der Waals surface area contributed by atoms with Crippen molar-refractivity contribution in [2.75, 3.05) is 6.61 Å². The molecule has 1 N–H and O–H groups in total. The maximum atomic E-state index is 13.3. The molecule has 8 heteroatoms. The van der Waals surface area contributed by atoms with E-state index in [9.17, 15) is 14.7 Å². The van der Waals surface area contributed by atoms with Crippen LogP contribution in [0.1, 0.15) is 56.2 Å². The summed E-state index contributed by atoms with van der Waals surface area (Å²) in [5.41, 5.74) is 2.49. The van der Waals surface area contributed by atoms with Crippen molar-refractivity contribution in [2.24, 2.45) is 0 Å². The van der Waals surface area contributed by atoms with Crippen molar-refractivity contribution in [3.63, 3.8) is 0 Å². The number of carbonyl (C=O) groups is 2. The van der Waals surface area contributed by atoms with Crippen molar-refractivity contribution < 1.29 is 33.6 Å². The zero-order chi connectivity index (χ0) is 31.8. The summed E-state index contributed by atoms with van der Waals surface area (Å²) >= 11 is 6.46. The number of ether oxygens (including phenoxy) is 4. The van der Waals surface area contributed by atoms with Crippen LogP contribution in [0, 0.1) is 0 Å². The third kappa shape index (κ3) is 7.92. The van der Waals surface area contributed by atoms with Crippen LogP contribution in [-0.2, 0) is 34.1 Å². The fourth-order valence-electron chi connectivity index (χ4n) is 6.05. The zero-order valence-electron chi connectivity index (χ0n) is 25.5. The average Bonchev–Trinajstić information content (AvgIpc) is 3.42. The van der Waals surface area contributed by atoms with Crippen LogP contribution in [0.25, 0.3) is 0 Å². The second-order valence-electron chi connectivity index (χ2n) is 11.5. The van der Waals surface area contributed by atoms with Gasteiger partial charge in [0.05, 0.1) is 25.2 Å². The summed E-state index contributed by atoms with van der Waals surface area (Å²) in [6.45, 7) is 3.17. The lowest BCUT2D eigenvalue weighted by molar-refractivity contribution is -0.160. The SMILES string of the molecule is CC(=O)O[C@@H]1CC(=O)O[C@@H]2C[C@@H](C[C@@H](O)/C(Cl)=C/C/C=C\1C)O[C@@H]2COC(c1ccccc1)(c1ccccc1)c1ccccc1. The highest BCUT2D eigenvalue weighted by atomic mass is 35.5. The Bertz CT molecular complexity index is 1390. The molecule has 2 heterocycles. The van der Waals surface area contributed by atoms with Crippen LogP contribution in [0.5, 0.6) is 0 Å². The lowest BCUT2D eigenvalue weighted by Crippen LogP contribution is -2.39. The Hall–Kier alpha value is -3.75. The summed E-state index contributed by atoms with van der Waals surface area (Å²) < 4.78 is 24.9. The molecule has 0 saturated carbocycles. The molecule has 0 spiro atoms. The maximum Gasteiger partial charge on any atom is 0.310 e. The number of aliphatic hydroxyl groups excluding tert-OH is 1. The van der Waals surface area contributed by atoms with Gasteiger partial charge in [-0.1, -0.05) is 115 Å². The molecule has 3 aromatic rings. The molecule has 1 saturated heterocycles. The first kappa shape index (κ1) is 32.6. The second-order valence-corrected chi connectivity index (χ2v) is 11.9. The Morgan fingerprint density at radius 2 is 1.47 bits per heavy atom. The van der Waals surface area contributed by atoms with E-state index >= 15 is 0 Å². The minimum absolute atomic E-state index is 0.0824. The third-order valence-corrected chi connectivity index (χ3v) is 8.70. The molecule has 0 aliphatic carbocycles. The summed E-state index contributed by atoms with van der Waals surface area (Å²) in [6, 6.07) is 30.0. The molecule has 0 amide bonds. The summed E-state index contributed by atoms with van der Waals surface area (Å²) in [7, 11) is 0. The normalized spacial score (nSPS) is 26.8. The lowest BCUT2D eigenvalue weighted by atomic mass is 9.80. The van der Waals surface area contributed by atoms with Gasteiger partial charge in [-0.15, -0.1) is 0 Å². The molecule has 1 fully saturated rings. The Balaban J connectivity index is 1.48. The van der Waals surface area contributed by atoms with Gasteiger partial charge in [-0.25, -0.2) is 0 Å². The molecular formula is C37H39ClO7. The van der Waals surface area contributed by atoms with Crippen molar-refractivity contribution in [3.05, 3.63) is 130 Å². The maximum absolute atomic E-state index is 13.3. The fourth-order valence-corrected chi connectivity index (χ4v) is 6.23. The minimum Gasteiger partial charge on any atom is -0.459 e. The summed E-state index contributed by atoms with van der Waals surface area (Å²) in [6.07, 6.45) is 0.904. The van der Waals surface area contributed by atoms with Gasteiger partial charge >= 0.3 is 11.9 Å². The van der Waals surface area contributed by atoms with E-state index in [0.717, 1.165) is 16.7 Å². The van der Waals surface area contributed by atoms with Gasteiger partial charge in [0.2, 0.25) is 0 Å². The predicted molar refractivity (Wildman–Crippen MR) is 171 cm³/mol. The van der Waals surface area contributed by atoms with Gasteiger partial charge < -0.3 is 24.1 Å². The molecule has 2 aliphatic heterocycles. The highest BCUT2D eigenvalue weighted by molar-refractivity contribution is 6.30. The van der Waals surface area contributed by atoms with Crippen LogP contribution in [0.4, 0.5) is 0 Å². The number of allylic oxidation sites excluding steroid dienone is 2.